The van der Waals surface area contributed by atoms with Crippen LogP contribution in [0.4, 0.5) is 4.39 Å². The van der Waals surface area contributed by atoms with E-state index in [0.29, 0.717) is 0 Å². The molecule has 0 unspecified atom stereocenters. The lowest BCUT2D eigenvalue weighted by Gasteiger charge is -2.29. The summed E-state index contributed by atoms with van der Waals surface area (Å²) in [6.07, 6.45) is 0. The van der Waals surface area contributed by atoms with E-state index in [4.69, 9.17) is 5.11 Å². The van der Waals surface area contributed by atoms with E-state index in [1.165, 1.54) is 0 Å². The summed E-state index contributed by atoms with van der Waals surface area (Å²) in [4.78, 5) is 10.7. The average Bonchev–Trinajstić information content (AvgIpc) is 2.27. The molecular formula is C12H16FNO2. The Labute approximate surface area is 94.3 Å². The maximum Gasteiger partial charge on any atom is 0.323 e. The van der Waals surface area contributed by atoms with Crippen LogP contribution in [0.15, 0.2) is 30.3 Å². The zero-order chi connectivity index (χ0) is 12.2. The van der Waals surface area contributed by atoms with E-state index in [-0.39, 0.29) is 0 Å². The van der Waals surface area contributed by atoms with Crippen molar-refractivity contribution in [3.05, 3.63) is 35.9 Å². The Morgan fingerprint density at radius 3 is 2.44 bits per heavy atom. The fourth-order valence-corrected chi connectivity index (χ4v) is 1.54. The molecule has 0 aliphatic rings. The van der Waals surface area contributed by atoms with Gasteiger partial charge in [-0.15, -0.1) is 0 Å². The van der Waals surface area contributed by atoms with Crippen molar-refractivity contribution in [1.29, 1.82) is 0 Å². The largest absolute Gasteiger partial charge is 0.480 e. The first kappa shape index (κ1) is 12.6. The van der Waals surface area contributed by atoms with Gasteiger partial charge < -0.3 is 5.11 Å². The zero-order valence-electron chi connectivity index (χ0n) is 9.40. The molecule has 16 heavy (non-hydrogen) atoms. The highest BCUT2D eigenvalue weighted by Crippen LogP contribution is 2.20. The van der Waals surface area contributed by atoms with E-state index in [1.54, 1.807) is 0 Å². The summed E-state index contributed by atoms with van der Waals surface area (Å²) in [5.41, 5.74) is 0.353. The molecule has 0 heterocycles. The highest BCUT2D eigenvalue weighted by Gasteiger charge is 2.27. The SMILES string of the molecule is CC(C)(N[C@H](CF)C(=O)O)c1ccccc1. The second-order valence-corrected chi connectivity index (χ2v) is 4.18. The number of carboxylic acids is 1. The van der Waals surface area contributed by atoms with E-state index >= 15 is 0 Å². The highest BCUT2D eigenvalue weighted by atomic mass is 19.1. The molecule has 0 radical (unpaired) electrons. The molecule has 0 fully saturated rings. The third kappa shape index (κ3) is 3.03. The van der Waals surface area contributed by atoms with Crippen molar-refractivity contribution in [2.24, 2.45) is 0 Å². The predicted molar refractivity (Wildman–Crippen MR) is 60.0 cm³/mol. The summed E-state index contributed by atoms with van der Waals surface area (Å²) in [5, 5.41) is 11.6. The molecule has 1 aromatic carbocycles. The zero-order valence-corrected chi connectivity index (χ0v) is 9.40. The third-order valence-corrected chi connectivity index (χ3v) is 2.48. The normalized spacial score (nSPS) is 13.4. The molecule has 0 amide bonds. The van der Waals surface area contributed by atoms with E-state index < -0.39 is 24.2 Å². The lowest BCUT2D eigenvalue weighted by atomic mass is 9.93. The van der Waals surface area contributed by atoms with Crippen LogP contribution in [-0.2, 0) is 10.3 Å². The minimum Gasteiger partial charge on any atom is -0.480 e. The third-order valence-electron chi connectivity index (χ3n) is 2.48. The number of carboxylic acid groups (broad SMARTS) is 1. The van der Waals surface area contributed by atoms with Gasteiger partial charge in [-0.2, -0.15) is 0 Å². The van der Waals surface area contributed by atoms with Crippen LogP contribution in [0.1, 0.15) is 19.4 Å². The Kier molecular flexibility index (Phi) is 4.01. The van der Waals surface area contributed by atoms with Crippen molar-refractivity contribution in [1.82, 2.24) is 5.32 Å². The van der Waals surface area contributed by atoms with Gasteiger partial charge in [0.2, 0.25) is 0 Å². The van der Waals surface area contributed by atoms with Crippen molar-refractivity contribution in [2.75, 3.05) is 6.67 Å². The molecule has 1 aromatic rings. The summed E-state index contributed by atoms with van der Waals surface area (Å²) >= 11 is 0. The van der Waals surface area contributed by atoms with Crippen molar-refractivity contribution >= 4 is 5.97 Å². The van der Waals surface area contributed by atoms with Crippen LogP contribution >= 0.6 is 0 Å². The second kappa shape index (κ2) is 5.07. The van der Waals surface area contributed by atoms with Gasteiger partial charge in [0.1, 0.15) is 12.7 Å². The van der Waals surface area contributed by atoms with Crippen molar-refractivity contribution in [2.45, 2.75) is 25.4 Å². The number of nitrogens with one attached hydrogen (secondary N) is 1. The summed E-state index contributed by atoms with van der Waals surface area (Å²) in [5.74, 6) is -1.17. The predicted octanol–water partition coefficient (Wildman–Crippen LogP) is 1.93. The molecule has 0 saturated carbocycles. The Morgan fingerprint density at radius 2 is 2.00 bits per heavy atom. The van der Waals surface area contributed by atoms with Gasteiger partial charge in [0.25, 0.3) is 0 Å². The minimum atomic E-state index is -1.17. The van der Waals surface area contributed by atoms with Crippen LogP contribution in [-0.4, -0.2) is 23.8 Å². The molecule has 3 nitrogen and oxygen atoms in total. The van der Waals surface area contributed by atoms with Gasteiger partial charge in [-0.25, -0.2) is 4.39 Å². The van der Waals surface area contributed by atoms with Crippen LogP contribution in [0.5, 0.6) is 0 Å². The van der Waals surface area contributed by atoms with Gasteiger partial charge >= 0.3 is 5.97 Å². The monoisotopic (exact) mass is 225 g/mol. The van der Waals surface area contributed by atoms with Gasteiger partial charge in [-0.1, -0.05) is 30.3 Å². The Balaban J connectivity index is 2.82. The van der Waals surface area contributed by atoms with Gasteiger partial charge in [0.15, 0.2) is 0 Å². The number of benzene rings is 1. The van der Waals surface area contributed by atoms with Gasteiger partial charge in [0.05, 0.1) is 0 Å². The molecular weight excluding hydrogens is 209 g/mol. The van der Waals surface area contributed by atoms with Crippen molar-refractivity contribution < 1.29 is 14.3 Å². The van der Waals surface area contributed by atoms with E-state index in [9.17, 15) is 9.18 Å². The Hall–Kier alpha value is -1.42. The number of hydrogen-bond donors (Lipinski definition) is 2. The lowest BCUT2D eigenvalue weighted by molar-refractivity contribution is -0.140. The number of halogens is 1. The molecule has 1 rings (SSSR count). The lowest BCUT2D eigenvalue weighted by Crippen LogP contribution is -2.48. The van der Waals surface area contributed by atoms with Crippen LogP contribution in [0.25, 0.3) is 0 Å². The average molecular weight is 225 g/mol. The summed E-state index contributed by atoms with van der Waals surface area (Å²) < 4.78 is 12.5. The van der Waals surface area contributed by atoms with Crippen LogP contribution in [0.2, 0.25) is 0 Å². The number of alkyl halides is 1. The second-order valence-electron chi connectivity index (χ2n) is 4.18. The van der Waals surface area contributed by atoms with Gasteiger partial charge in [0, 0.05) is 5.54 Å². The molecule has 0 spiro atoms. The minimum absolute atomic E-state index is 0.573. The molecule has 2 N–H and O–H groups in total. The summed E-state index contributed by atoms with van der Waals surface area (Å²) in [6.45, 7) is 2.73. The molecule has 4 heteroatoms. The smallest absolute Gasteiger partial charge is 0.323 e. The highest BCUT2D eigenvalue weighted by molar-refractivity contribution is 5.73. The first-order valence-electron chi connectivity index (χ1n) is 5.09. The number of aliphatic carboxylic acids is 1. The first-order chi connectivity index (χ1) is 7.47. The molecule has 0 aromatic heterocycles. The van der Waals surface area contributed by atoms with Crippen LogP contribution < -0.4 is 5.32 Å². The summed E-state index contributed by atoms with van der Waals surface area (Å²) in [6, 6.07) is 8.20. The van der Waals surface area contributed by atoms with Crippen LogP contribution in [0.3, 0.4) is 0 Å². The molecule has 0 aliphatic heterocycles. The standard InChI is InChI=1S/C12H16FNO2/c1-12(2,9-6-4-3-5-7-9)14-10(8-13)11(15)16/h3-7,10,14H,8H2,1-2H3,(H,15,16)/t10-/m1/s1. The molecule has 0 saturated heterocycles. The van der Waals surface area contributed by atoms with Crippen molar-refractivity contribution in [3.63, 3.8) is 0 Å². The Bertz CT molecular complexity index is 351. The first-order valence-corrected chi connectivity index (χ1v) is 5.09. The van der Waals surface area contributed by atoms with Crippen LogP contribution in [0, 0.1) is 0 Å². The Morgan fingerprint density at radius 1 is 1.44 bits per heavy atom. The fourth-order valence-electron chi connectivity index (χ4n) is 1.54. The van der Waals surface area contributed by atoms with E-state index in [0.717, 1.165) is 5.56 Å². The molecule has 0 aliphatic carbocycles. The van der Waals surface area contributed by atoms with E-state index in [2.05, 4.69) is 5.32 Å². The molecule has 88 valence electrons. The molecule has 0 bridgehead atoms. The number of carbonyl (C=O) groups is 1. The summed E-state index contributed by atoms with van der Waals surface area (Å²) in [7, 11) is 0. The number of rotatable bonds is 5. The molecule has 1 atom stereocenters. The maximum atomic E-state index is 12.5. The fraction of sp³-hybridized carbons (Fsp3) is 0.417. The number of hydrogen-bond acceptors (Lipinski definition) is 2. The topological polar surface area (TPSA) is 49.3 Å². The maximum absolute atomic E-state index is 12.5. The quantitative estimate of drug-likeness (QED) is 0.805. The van der Waals surface area contributed by atoms with Gasteiger partial charge in [-0.3, -0.25) is 10.1 Å². The van der Waals surface area contributed by atoms with E-state index in [1.807, 2.05) is 44.2 Å². The van der Waals surface area contributed by atoms with Crippen molar-refractivity contribution in [3.8, 4) is 0 Å². The van der Waals surface area contributed by atoms with Gasteiger partial charge in [-0.05, 0) is 19.4 Å².